The van der Waals surface area contributed by atoms with E-state index in [0.717, 1.165) is 39.1 Å². The Kier molecular flexibility index (Phi) is 18.8. The first-order valence-electron chi connectivity index (χ1n) is 9.38. The van der Waals surface area contributed by atoms with Crippen LogP contribution in [0.3, 0.4) is 0 Å². The quantitative estimate of drug-likeness (QED) is 0.390. The third-order valence-corrected chi connectivity index (χ3v) is 3.98. The van der Waals surface area contributed by atoms with Crippen LogP contribution in [0, 0.1) is 35.6 Å². The van der Waals surface area contributed by atoms with Crippen molar-refractivity contribution < 1.29 is 49.8 Å². The van der Waals surface area contributed by atoms with Crippen molar-refractivity contribution in [2.24, 2.45) is 0 Å². The van der Waals surface area contributed by atoms with Gasteiger partial charge >= 0.3 is 35.6 Å². The maximum Gasteiger partial charge on any atom is 3.00 e. The second-order valence-electron chi connectivity index (χ2n) is 6.11. The van der Waals surface area contributed by atoms with Crippen molar-refractivity contribution in [3.05, 3.63) is 89.5 Å². The van der Waals surface area contributed by atoms with Gasteiger partial charge in [0.25, 0.3) is 0 Å². The van der Waals surface area contributed by atoms with E-state index in [1.807, 2.05) is 36.4 Å². The van der Waals surface area contributed by atoms with Gasteiger partial charge in [-0.05, 0) is 0 Å². The summed E-state index contributed by atoms with van der Waals surface area (Å²) >= 11 is 0. The molecule has 0 saturated carbocycles. The van der Waals surface area contributed by atoms with Gasteiger partial charge in [-0.1, -0.05) is 19.3 Å². The summed E-state index contributed by atoms with van der Waals surface area (Å²) in [5.74, 6) is 0. The van der Waals surface area contributed by atoms with Gasteiger partial charge in [-0.25, -0.2) is 36.4 Å². The third kappa shape index (κ3) is 14.2. The fourth-order valence-electron chi connectivity index (χ4n) is 2.40. The normalized spacial score (nSPS) is 9.54. The second-order valence-corrected chi connectivity index (χ2v) is 6.11. The number of rotatable bonds is 9. The van der Waals surface area contributed by atoms with Crippen LogP contribution in [-0.2, 0) is 33.5 Å². The Hall–Kier alpha value is -0.875. The molecule has 0 amide bonds. The summed E-state index contributed by atoms with van der Waals surface area (Å²) in [7, 11) is 5.18. The molecule has 3 aromatic rings. The van der Waals surface area contributed by atoms with E-state index in [2.05, 4.69) is 36.4 Å². The van der Waals surface area contributed by atoms with Gasteiger partial charge in [-0.2, -0.15) is 53.1 Å². The largest absolute Gasteiger partial charge is 3.00 e. The summed E-state index contributed by atoms with van der Waals surface area (Å²) in [5.41, 5.74) is 4.07. The maximum absolute atomic E-state index is 4.92. The summed E-state index contributed by atoms with van der Waals surface area (Å²) in [5, 5.41) is 0. The van der Waals surface area contributed by atoms with Crippen molar-refractivity contribution in [2.45, 2.75) is 19.3 Å². The van der Waals surface area contributed by atoms with Crippen molar-refractivity contribution in [3.63, 3.8) is 0 Å². The summed E-state index contributed by atoms with van der Waals surface area (Å²) in [6.45, 7) is 2.47. The molecule has 0 N–H and O–H groups in total. The number of methoxy groups -OCH3 is 3. The number of hydrogen-bond donors (Lipinski definition) is 0. The molecular formula is C24H33LaO3. The molecule has 150 valence electrons. The Bertz CT molecular complexity index is 522. The fourth-order valence-corrected chi connectivity index (χ4v) is 2.40. The van der Waals surface area contributed by atoms with Crippen molar-refractivity contribution >= 4 is 0 Å². The van der Waals surface area contributed by atoms with E-state index in [1.165, 1.54) is 16.7 Å². The van der Waals surface area contributed by atoms with Crippen molar-refractivity contribution in [2.75, 3.05) is 41.2 Å². The zero-order valence-electron chi connectivity index (χ0n) is 17.5. The molecule has 3 aromatic carbocycles. The second kappa shape index (κ2) is 19.4. The van der Waals surface area contributed by atoms with Crippen LogP contribution in [0.5, 0.6) is 0 Å². The average molecular weight is 508 g/mol. The molecular weight excluding hydrogens is 475 g/mol. The van der Waals surface area contributed by atoms with Gasteiger partial charge in [0, 0.05) is 41.2 Å². The molecule has 0 aromatic heterocycles. The Morgan fingerprint density at radius 1 is 0.464 bits per heavy atom. The van der Waals surface area contributed by atoms with Crippen molar-refractivity contribution in [1.82, 2.24) is 0 Å². The zero-order valence-corrected chi connectivity index (χ0v) is 21.1. The first-order valence-corrected chi connectivity index (χ1v) is 9.38. The Labute approximate surface area is 198 Å². The minimum absolute atomic E-state index is 0. The monoisotopic (exact) mass is 508 g/mol. The van der Waals surface area contributed by atoms with Crippen LogP contribution in [0.4, 0.5) is 0 Å². The van der Waals surface area contributed by atoms with Crippen LogP contribution < -0.4 is 0 Å². The molecule has 0 radical (unpaired) electrons. The molecule has 0 aliphatic rings. The molecule has 3 nitrogen and oxygen atoms in total. The van der Waals surface area contributed by atoms with Gasteiger partial charge in [0.05, 0.1) is 0 Å². The van der Waals surface area contributed by atoms with Gasteiger partial charge < -0.3 is 14.2 Å². The van der Waals surface area contributed by atoms with Crippen LogP contribution in [0.25, 0.3) is 0 Å². The van der Waals surface area contributed by atoms with Crippen LogP contribution >= 0.6 is 0 Å². The van der Waals surface area contributed by atoms with E-state index in [4.69, 9.17) is 14.2 Å². The first-order chi connectivity index (χ1) is 13.3. The van der Waals surface area contributed by atoms with Gasteiger partial charge in [-0.15, -0.1) is 0 Å². The molecule has 0 spiro atoms. The van der Waals surface area contributed by atoms with E-state index in [9.17, 15) is 0 Å². The van der Waals surface area contributed by atoms with Crippen LogP contribution in [0.2, 0.25) is 0 Å². The van der Waals surface area contributed by atoms with Crippen molar-refractivity contribution in [1.29, 1.82) is 0 Å². The predicted molar refractivity (Wildman–Crippen MR) is 113 cm³/mol. The SMILES string of the molecule is COCC[c-]1cccc1.COCC[c-]1cccc1.COCC[c-]1cccc1.[La+3]. The van der Waals surface area contributed by atoms with Crippen LogP contribution in [0.1, 0.15) is 16.7 Å². The van der Waals surface area contributed by atoms with Gasteiger partial charge in [-0.3, -0.25) is 0 Å². The van der Waals surface area contributed by atoms with E-state index >= 15 is 0 Å². The number of hydrogen-bond acceptors (Lipinski definition) is 3. The maximum atomic E-state index is 4.92. The van der Waals surface area contributed by atoms with Gasteiger partial charge in [0.1, 0.15) is 0 Å². The van der Waals surface area contributed by atoms with E-state index in [-0.39, 0.29) is 35.6 Å². The molecule has 0 fully saturated rings. The number of ether oxygens (including phenoxy) is 3. The molecule has 0 aliphatic carbocycles. The van der Waals surface area contributed by atoms with E-state index in [0.29, 0.717) is 0 Å². The van der Waals surface area contributed by atoms with Crippen LogP contribution in [-0.4, -0.2) is 41.2 Å². The smallest absolute Gasteiger partial charge is 0.385 e. The van der Waals surface area contributed by atoms with Crippen molar-refractivity contribution in [3.8, 4) is 0 Å². The topological polar surface area (TPSA) is 27.7 Å². The fraction of sp³-hybridized carbons (Fsp3) is 0.375. The molecule has 0 saturated heterocycles. The summed E-state index contributed by atoms with van der Waals surface area (Å²) in [6, 6.07) is 24.9. The Morgan fingerprint density at radius 3 is 0.857 bits per heavy atom. The zero-order chi connectivity index (χ0) is 19.6. The Morgan fingerprint density at radius 2 is 0.679 bits per heavy atom. The minimum atomic E-state index is 0. The average Bonchev–Trinajstić information content (AvgIpc) is 3.47. The van der Waals surface area contributed by atoms with E-state index < -0.39 is 0 Å². The van der Waals surface area contributed by atoms with Crippen LogP contribution in [0.15, 0.2) is 72.8 Å². The molecule has 4 heteroatoms. The van der Waals surface area contributed by atoms with Gasteiger partial charge in [0.15, 0.2) is 0 Å². The minimum Gasteiger partial charge on any atom is -0.385 e. The molecule has 0 bridgehead atoms. The standard InChI is InChI=1S/3C8H11O.La/c3*1-9-7-6-8-4-2-3-5-8;/h3*2-5H,6-7H2,1H3;/q3*-1;+3. The third-order valence-electron chi connectivity index (χ3n) is 3.98. The molecule has 0 atom stereocenters. The predicted octanol–water partition coefficient (Wildman–Crippen LogP) is 4.78. The molecule has 0 heterocycles. The summed E-state index contributed by atoms with van der Waals surface area (Å²) in [6.07, 6.45) is 3.09. The first kappa shape index (κ1) is 27.1. The summed E-state index contributed by atoms with van der Waals surface area (Å²) < 4.78 is 14.7. The molecule has 3 rings (SSSR count). The molecule has 0 aliphatic heterocycles. The molecule has 0 unspecified atom stereocenters. The summed E-state index contributed by atoms with van der Waals surface area (Å²) in [4.78, 5) is 0. The Balaban J connectivity index is 0.000000384. The van der Waals surface area contributed by atoms with Gasteiger partial charge in [0.2, 0.25) is 0 Å². The van der Waals surface area contributed by atoms with E-state index in [1.54, 1.807) is 21.3 Å². The molecule has 28 heavy (non-hydrogen) atoms.